The highest BCUT2D eigenvalue weighted by atomic mass is 16.5. The number of hydrogen-bond donors (Lipinski definition) is 1. The highest BCUT2D eigenvalue weighted by Crippen LogP contribution is 2.35. The maximum atomic E-state index is 11.0. The lowest BCUT2D eigenvalue weighted by atomic mass is 9.96. The molecule has 1 saturated carbocycles. The topological polar surface area (TPSA) is 52.3 Å². The van der Waals surface area contributed by atoms with Gasteiger partial charge in [0.25, 0.3) is 0 Å². The van der Waals surface area contributed by atoms with E-state index in [0.717, 1.165) is 12.3 Å². The first-order valence-corrected chi connectivity index (χ1v) is 4.48. The zero-order valence-electron chi connectivity index (χ0n) is 7.75. The molecule has 1 aliphatic rings. The Labute approximate surface area is 73.3 Å². The molecule has 0 bridgehead atoms. The van der Waals surface area contributed by atoms with E-state index in [1.165, 1.54) is 20.0 Å². The lowest BCUT2D eigenvalue weighted by molar-refractivity contribution is -0.143. The molecule has 2 N–H and O–H groups in total. The molecule has 70 valence electrons. The highest BCUT2D eigenvalue weighted by molar-refractivity contribution is 5.75. The van der Waals surface area contributed by atoms with E-state index in [1.54, 1.807) is 0 Å². The molecular formula is C9H17NO2. The van der Waals surface area contributed by atoms with Crippen molar-refractivity contribution < 1.29 is 9.53 Å². The second kappa shape index (κ2) is 3.90. The van der Waals surface area contributed by atoms with Gasteiger partial charge in [0, 0.05) is 0 Å². The predicted octanol–water partition coefficient (Wildman–Crippen LogP) is 0.923. The molecule has 0 aliphatic heterocycles. The van der Waals surface area contributed by atoms with Gasteiger partial charge in [-0.05, 0) is 18.3 Å². The molecule has 0 heterocycles. The summed E-state index contributed by atoms with van der Waals surface area (Å²) in [6, 6.07) is -0.435. The van der Waals surface area contributed by atoms with Gasteiger partial charge in [0.15, 0.2) is 0 Å². The van der Waals surface area contributed by atoms with Crippen molar-refractivity contribution >= 4 is 5.97 Å². The summed E-state index contributed by atoms with van der Waals surface area (Å²) in [6.07, 6.45) is 3.67. The SMILES string of the molecule is COC(=O)C(N)C(C)CC1CC1. The van der Waals surface area contributed by atoms with Gasteiger partial charge in [-0.25, -0.2) is 0 Å². The van der Waals surface area contributed by atoms with E-state index in [0.29, 0.717) is 0 Å². The summed E-state index contributed by atoms with van der Waals surface area (Å²) in [5.74, 6) is 0.781. The van der Waals surface area contributed by atoms with Crippen LogP contribution in [-0.2, 0) is 9.53 Å². The van der Waals surface area contributed by atoms with Gasteiger partial charge in [0.05, 0.1) is 7.11 Å². The van der Waals surface area contributed by atoms with E-state index in [9.17, 15) is 4.79 Å². The van der Waals surface area contributed by atoms with Gasteiger partial charge in [-0.3, -0.25) is 4.79 Å². The monoisotopic (exact) mass is 171 g/mol. The predicted molar refractivity (Wildman–Crippen MR) is 46.5 cm³/mol. The average Bonchev–Trinajstić information content (AvgIpc) is 2.85. The molecular weight excluding hydrogens is 154 g/mol. The van der Waals surface area contributed by atoms with Gasteiger partial charge in [-0.2, -0.15) is 0 Å². The minimum absolute atomic E-state index is 0.255. The Hall–Kier alpha value is -0.570. The second-order valence-electron chi connectivity index (χ2n) is 3.71. The Morgan fingerprint density at radius 3 is 2.67 bits per heavy atom. The van der Waals surface area contributed by atoms with Crippen LogP contribution in [0.4, 0.5) is 0 Å². The smallest absolute Gasteiger partial charge is 0.322 e. The second-order valence-corrected chi connectivity index (χ2v) is 3.71. The number of nitrogens with two attached hydrogens (primary N) is 1. The summed E-state index contributed by atoms with van der Waals surface area (Å²) in [5.41, 5.74) is 5.67. The van der Waals surface area contributed by atoms with Crippen LogP contribution >= 0.6 is 0 Å². The summed E-state index contributed by atoms with van der Waals surface area (Å²) >= 11 is 0. The number of rotatable bonds is 4. The third-order valence-electron chi connectivity index (χ3n) is 2.49. The van der Waals surface area contributed by atoms with E-state index in [2.05, 4.69) is 4.74 Å². The fraction of sp³-hybridized carbons (Fsp3) is 0.889. The van der Waals surface area contributed by atoms with E-state index < -0.39 is 6.04 Å². The zero-order chi connectivity index (χ0) is 9.14. The van der Waals surface area contributed by atoms with Crippen LogP contribution in [0.1, 0.15) is 26.2 Å². The molecule has 2 atom stereocenters. The van der Waals surface area contributed by atoms with Crippen molar-refractivity contribution in [1.29, 1.82) is 0 Å². The van der Waals surface area contributed by atoms with Crippen LogP contribution in [0.15, 0.2) is 0 Å². The molecule has 0 aromatic carbocycles. The number of carbonyl (C=O) groups is 1. The Morgan fingerprint density at radius 1 is 1.67 bits per heavy atom. The Morgan fingerprint density at radius 2 is 2.25 bits per heavy atom. The van der Waals surface area contributed by atoms with Crippen LogP contribution in [0.2, 0.25) is 0 Å². The first-order valence-electron chi connectivity index (χ1n) is 4.48. The van der Waals surface area contributed by atoms with Crippen molar-refractivity contribution in [3.63, 3.8) is 0 Å². The molecule has 0 amide bonds. The molecule has 0 aromatic rings. The van der Waals surface area contributed by atoms with Gasteiger partial charge < -0.3 is 10.5 Å². The van der Waals surface area contributed by atoms with Crippen LogP contribution in [0.25, 0.3) is 0 Å². The minimum Gasteiger partial charge on any atom is -0.468 e. The molecule has 3 heteroatoms. The van der Waals surface area contributed by atoms with Crippen molar-refractivity contribution in [2.75, 3.05) is 7.11 Å². The van der Waals surface area contributed by atoms with Crippen molar-refractivity contribution in [2.24, 2.45) is 17.6 Å². The van der Waals surface area contributed by atoms with Crippen LogP contribution in [-0.4, -0.2) is 19.1 Å². The number of ether oxygens (including phenoxy) is 1. The first-order chi connectivity index (χ1) is 5.65. The Kier molecular flexibility index (Phi) is 3.09. The third kappa shape index (κ3) is 2.48. The maximum Gasteiger partial charge on any atom is 0.322 e. The van der Waals surface area contributed by atoms with Crippen molar-refractivity contribution in [1.82, 2.24) is 0 Å². The molecule has 1 rings (SSSR count). The van der Waals surface area contributed by atoms with E-state index >= 15 is 0 Å². The van der Waals surface area contributed by atoms with Gasteiger partial charge in [0.2, 0.25) is 0 Å². The molecule has 3 nitrogen and oxygen atoms in total. The van der Waals surface area contributed by atoms with Crippen LogP contribution in [0.3, 0.4) is 0 Å². The Balaban J connectivity index is 2.28. The zero-order valence-corrected chi connectivity index (χ0v) is 7.75. The molecule has 0 saturated heterocycles. The summed E-state index contributed by atoms with van der Waals surface area (Å²) in [6.45, 7) is 2.01. The standard InChI is InChI=1S/C9H17NO2/c1-6(5-7-3-4-7)8(10)9(11)12-2/h6-8H,3-5,10H2,1-2H3. The fourth-order valence-corrected chi connectivity index (χ4v) is 1.39. The van der Waals surface area contributed by atoms with Gasteiger partial charge >= 0.3 is 5.97 Å². The fourth-order valence-electron chi connectivity index (χ4n) is 1.39. The highest BCUT2D eigenvalue weighted by Gasteiger charge is 2.29. The summed E-state index contributed by atoms with van der Waals surface area (Å²) in [7, 11) is 1.38. The maximum absolute atomic E-state index is 11.0. The summed E-state index contributed by atoms with van der Waals surface area (Å²) in [5, 5.41) is 0. The number of esters is 1. The molecule has 1 aliphatic carbocycles. The van der Waals surface area contributed by atoms with Crippen molar-refractivity contribution in [3.05, 3.63) is 0 Å². The number of hydrogen-bond acceptors (Lipinski definition) is 3. The van der Waals surface area contributed by atoms with E-state index in [1.807, 2.05) is 6.92 Å². The van der Waals surface area contributed by atoms with Gasteiger partial charge in [0.1, 0.15) is 6.04 Å². The lowest BCUT2D eigenvalue weighted by Gasteiger charge is -2.16. The third-order valence-corrected chi connectivity index (χ3v) is 2.49. The van der Waals surface area contributed by atoms with Crippen LogP contribution in [0.5, 0.6) is 0 Å². The van der Waals surface area contributed by atoms with Gasteiger partial charge in [-0.15, -0.1) is 0 Å². The molecule has 0 radical (unpaired) electrons. The molecule has 1 fully saturated rings. The van der Waals surface area contributed by atoms with E-state index in [4.69, 9.17) is 5.73 Å². The van der Waals surface area contributed by atoms with E-state index in [-0.39, 0.29) is 11.9 Å². The normalized spacial score (nSPS) is 21.6. The summed E-state index contributed by atoms with van der Waals surface area (Å²) in [4.78, 5) is 11.0. The average molecular weight is 171 g/mol. The first kappa shape index (κ1) is 9.52. The van der Waals surface area contributed by atoms with Crippen molar-refractivity contribution in [2.45, 2.75) is 32.2 Å². The number of methoxy groups -OCH3 is 1. The van der Waals surface area contributed by atoms with Crippen molar-refractivity contribution in [3.8, 4) is 0 Å². The Bertz CT molecular complexity index is 166. The van der Waals surface area contributed by atoms with Gasteiger partial charge in [-0.1, -0.05) is 19.8 Å². The molecule has 0 aromatic heterocycles. The summed E-state index contributed by atoms with van der Waals surface area (Å²) < 4.78 is 4.57. The van der Waals surface area contributed by atoms with Crippen LogP contribution < -0.4 is 5.73 Å². The van der Waals surface area contributed by atoms with Crippen LogP contribution in [0, 0.1) is 11.8 Å². The number of carbonyl (C=O) groups excluding carboxylic acids is 1. The molecule has 12 heavy (non-hydrogen) atoms. The molecule has 2 unspecified atom stereocenters. The quantitative estimate of drug-likeness (QED) is 0.640. The largest absolute Gasteiger partial charge is 0.468 e. The lowest BCUT2D eigenvalue weighted by Crippen LogP contribution is -2.37. The minimum atomic E-state index is -0.435. The molecule has 0 spiro atoms.